The minimum atomic E-state index is -1.72. The van der Waals surface area contributed by atoms with Crippen LogP contribution in [0.3, 0.4) is 0 Å². The Kier molecular flexibility index (Phi) is 5.44. The number of benzene rings is 3. The molecule has 1 atom stereocenters. The fourth-order valence-corrected chi connectivity index (χ4v) is 10.9. The average Bonchev–Trinajstić information content (AvgIpc) is 3.28. The summed E-state index contributed by atoms with van der Waals surface area (Å²) in [6.07, 6.45) is 1.30. The molecule has 154 valence electrons. The van der Waals surface area contributed by atoms with Crippen LogP contribution in [0.5, 0.6) is 0 Å². The van der Waals surface area contributed by atoms with Gasteiger partial charge < -0.3 is 4.90 Å². The summed E-state index contributed by atoms with van der Waals surface area (Å²) in [7, 11) is -1.72. The Morgan fingerprint density at radius 1 is 0.700 bits per heavy atom. The fourth-order valence-electron chi connectivity index (χ4n) is 5.53. The SMILES string of the molecule is Fc1ccc(N2CCN(C3CC[Si](c4ccccc4)(c4ccccc4)C3)CC2)cc1. The van der Waals surface area contributed by atoms with Crippen LogP contribution in [0.25, 0.3) is 0 Å². The second kappa shape index (κ2) is 8.36. The lowest BCUT2D eigenvalue weighted by Gasteiger charge is -2.40. The van der Waals surface area contributed by atoms with Crippen molar-refractivity contribution in [1.82, 2.24) is 4.90 Å². The Bertz CT molecular complexity index is 914. The number of halogens is 1. The van der Waals surface area contributed by atoms with E-state index in [0.29, 0.717) is 6.04 Å². The Labute approximate surface area is 180 Å². The Hall–Kier alpha value is -2.43. The van der Waals surface area contributed by atoms with E-state index in [1.54, 1.807) is 22.5 Å². The van der Waals surface area contributed by atoms with E-state index in [2.05, 4.69) is 70.5 Å². The summed E-state index contributed by atoms with van der Waals surface area (Å²) < 4.78 is 13.3. The number of nitrogens with zero attached hydrogens (tertiary/aromatic N) is 2. The number of hydrogen-bond acceptors (Lipinski definition) is 2. The maximum atomic E-state index is 13.3. The van der Waals surface area contributed by atoms with Gasteiger partial charge in [0.1, 0.15) is 13.9 Å². The molecular weight excluding hydrogens is 387 g/mol. The minimum absolute atomic E-state index is 0.161. The van der Waals surface area contributed by atoms with E-state index >= 15 is 0 Å². The minimum Gasteiger partial charge on any atom is -0.369 e. The molecule has 0 bridgehead atoms. The predicted octanol–water partition coefficient (Wildman–Crippen LogP) is 3.98. The molecule has 0 radical (unpaired) electrons. The molecule has 4 heteroatoms. The van der Waals surface area contributed by atoms with Crippen molar-refractivity contribution in [3.8, 4) is 0 Å². The van der Waals surface area contributed by atoms with Crippen LogP contribution in [-0.2, 0) is 0 Å². The molecule has 1 unspecified atom stereocenters. The highest BCUT2D eigenvalue weighted by Crippen LogP contribution is 2.34. The van der Waals surface area contributed by atoms with Gasteiger partial charge in [0.05, 0.1) is 0 Å². The Morgan fingerprint density at radius 2 is 1.27 bits per heavy atom. The van der Waals surface area contributed by atoms with Crippen LogP contribution in [0.2, 0.25) is 12.1 Å². The third-order valence-corrected chi connectivity index (χ3v) is 12.4. The van der Waals surface area contributed by atoms with Gasteiger partial charge >= 0.3 is 0 Å². The van der Waals surface area contributed by atoms with Gasteiger partial charge in [-0.3, -0.25) is 4.90 Å². The standard InChI is InChI=1S/C26H29FN2Si/c27-22-11-13-23(14-12-22)28-16-18-29(19-17-28)24-15-20-30(21-24,25-7-3-1-4-8-25)26-9-5-2-6-10-26/h1-14,24H,15-21H2. The zero-order chi connectivity index (χ0) is 20.4. The third kappa shape index (κ3) is 3.70. The summed E-state index contributed by atoms with van der Waals surface area (Å²) in [5.41, 5.74) is 1.14. The van der Waals surface area contributed by atoms with Crippen LogP contribution in [0.1, 0.15) is 6.42 Å². The maximum absolute atomic E-state index is 13.3. The zero-order valence-corrected chi connectivity index (χ0v) is 18.4. The molecule has 0 amide bonds. The fraction of sp³-hybridized carbons (Fsp3) is 0.308. The molecule has 2 heterocycles. The first kappa shape index (κ1) is 19.5. The van der Waals surface area contributed by atoms with Crippen LogP contribution in [-0.4, -0.2) is 45.2 Å². The largest absolute Gasteiger partial charge is 0.369 e. The molecule has 30 heavy (non-hydrogen) atoms. The van der Waals surface area contributed by atoms with Crippen molar-refractivity contribution in [1.29, 1.82) is 0 Å². The predicted molar refractivity (Wildman–Crippen MR) is 126 cm³/mol. The molecule has 2 nitrogen and oxygen atoms in total. The highest BCUT2D eigenvalue weighted by molar-refractivity contribution is 7.02. The lowest BCUT2D eigenvalue weighted by Crippen LogP contribution is -2.57. The first-order valence-corrected chi connectivity index (χ1v) is 13.5. The lowest BCUT2D eigenvalue weighted by molar-refractivity contribution is 0.198. The first-order valence-electron chi connectivity index (χ1n) is 11.1. The molecule has 5 rings (SSSR count). The Morgan fingerprint density at radius 3 is 1.83 bits per heavy atom. The summed E-state index contributed by atoms with van der Waals surface area (Å²) in [6.45, 7) is 4.23. The average molecular weight is 417 g/mol. The Balaban J connectivity index is 1.32. The monoisotopic (exact) mass is 416 g/mol. The van der Waals surface area contributed by atoms with Crippen LogP contribution >= 0.6 is 0 Å². The van der Waals surface area contributed by atoms with Crippen molar-refractivity contribution < 1.29 is 4.39 Å². The lowest BCUT2D eigenvalue weighted by atomic mass is 10.1. The van der Waals surface area contributed by atoms with Gasteiger partial charge in [-0.2, -0.15) is 0 Å². The quantitative estimate of drug-likeness (QED) is 0.594. The molecule has 2 aliphatic rings. The summed E-state index contributed by atoms with van der Waals surface area (Å²) in [5.74, 6) is -0.161. The maximum Gasteiger partial charge on any atom is 0.123 e. The smallest absolute Gasteiger partial charge is 0.123 e. The van der Waals surface area contributed by atoms with E-state index in [9.17, 15) is 4.39 Å². The van der Waals surface area contributed by atoms with Gasteiger partial charge in [-0.05, 0) is 42.8 Å². The number of rotatable bonds is 4. The summed E-state index contributed by atoms with van der Waals surface area (Å²) >= 11 is 0. The third-order valence-electron chi connectivity index (χ3n) is 7.16. The van der Waals surface area contributed by atoms with Crippen LogP contribution in [0.15, 0.2) is 84.9 Å². The first-order chi connectivity index (χ1) is 14.7. The van der Waals surface area contributed by atoms with Crippen LogP contribution in [0.4, 0.5) is 10.1 Å². The number of anilines is 1. The van der Waals surface area contributed by atoms with Gasteiger partial charge in [0.15, 0.2) is 0 Å². The van der Waals surface area contributed by atoms with E-state index in [1.165, 1.54) is 18.5 Å². The molecule has 2 aliphatic heterocycles. The second-order valence-corrected chi connectivity index (χ2v) is 12.9. The molecule has 0 spiro atoms. The van der Waals surface area contributed by atoms with Gasteiger partial charge in [0, 0.05) is 37.9 Å². The number of piperazine rings is 1. The van der Waals surface area contributed by atoms with Gasteiger partial charge in [-0.1, -0.05) is 71.0 Å². The molecule has 3 aromatic rings. The van der Waals surface area contributed by atoms with Crippen LogP contribution in [0, 0.1) is 5.82 Å². The van der Waals surface area contributed by atoms with E-state index in [4.69, 9.17) is 0 Å². The zero-order valence-electron chi connectivity index (χ0n) is 17.4. The van der Waals surface area contributed by atoms with Crippen molar-refractivity contribution in [2.45, 2.75) is 24.6 Å². The molecule has 0 saturated carbocycles. The summed E-state index contributed by atoms with van der Waals surface area (Å²) in [6, 6.07) is 32.9. The summed E-state index contributed by atoms with van der Waals surface area (Å²) in [4.78, 5) is 5.12. The van der Waals surface area contributed by atoms with Crippen molar-refractivity contribution in [2.24, 2.45) is 0 Å². The molecular formula is C26H29FN2Si. The highest BCUT2D eigenvalue weighted by atomic mass is 28.3. The summed E-state index contributed by atoms with van der Waals surface area (Å²) in [5, 5.41) is 3.17. The van der Waals surface area contributed by atoms with Crippen molar-refractivity contribution in [2.75, 3.05) is 31.1 Å². The molecule has 2 fully saturated rings. The second-order valence-electron chi connectivity index (χ2n) is 8.71. The molecule has 2 saturated heterocycles. The van der Waals surface area contributed by atoms with E-state index in [-0.39, 0.29) is 5.82 Å². The molecule has 0 aromatic heterocycles. The van der Waals surface area contributed by atoms with E-state index < -0.39 is 8.07 Å². The topological polar surface area (TPSA) is 6.48 Å². The van der Waals surface area contributed by atoms with Gasteiger partial charge in [0.2, 0.25) is 0 Å². The van der Waals surface area contributed by atoms with Crippen LogP contribution < -0.4 is 15.3 Å². The van der Waals surface area contributed by atoms with Gasteiger partial charge in [-0.25, -0.2) is 4.39 Å². The van der Waals surface area contributed by atoms with Crippen molar-refractivity contribution >= 4 is 24.1 Å². The van der Waals surface area contributed by atoms with E-state index in [0.717, 1.165) is 31.9 Å². The van der Waals surface area contributed by atoms with Crippen molar-refractivity contribution in [3.63, 3.8) is 0 Å². The normalized spacial score (nSPS) is 21.6. The van der Waals surface area contributed by atoms with Gasteiger partial charge in [0.25, 0.3) is 0 Å². The molecule has 3 aromatic carbocycles. The highest BCUT2D eigenvalue weighted by Gasteiger charge is 2.46. The van der Waals surface area contributed by atoms with E-state index in [1.807, 2.05) is 12.1 Å². The molecule has 0 aliphatic carbocycles. The van der Waals surface area contributed by atoms with Gasteiger partial charge in [-0.15, -0.1) is 0 Å². The van der Waals surface area contributed by atoms with Crippen molar-refractivity contribution in [3.05, 3.63) is 90.7 Å². The molecule has 0 N–H and O–H groups in total. The number of hydrogen-bond donors (Lipinski definition) is 0.